The van der Waals surface area contributed by atoms with Gasteiger partial charge in [0, 0.05) is 18.7 Å². The largest absolute Gasteiger partial charge is 0.338 e. The molecule has 1 aromatic rings. The van der Waals surface area contributed by atoms with Crippen molar-refractivity contribution in [2.24, 2.45) is 5.92 Å². The van der Waals surface area contributed by atoms with E-state index < -0.39 is 0 Å². The van der Waals surface area contributed by atoms with E-state index in [4.69, 9.17) is 0 Å². The Bertz CT molecular complexity index is 374. The first kappa shape index (κ1) is 12.2. The highest BCUT2D eigenvalue weighted by atomic mass is 16.2. The van der Waals surface area contributed by atoms with Crippen LogP contribution < -0.4 is 0 Å². The van der Waals surface area contributed by atoms with Crippen molar-refractivity contribution in [3.8, 4) is 0 Å². The number of benzene rings is 1. The molecule has 1 aliphatic carbocycles. The molecule has 1 amide bonds. The predicted octanol–water partition coefficient (Wildman–Crippen LogP) is 3.34. The fourth-order valence-corrected chi connectivity index (χ4v) is 2.81. The average molecular weight is 231 g/mol. The predicted molar refractivity (Wildman–Crippen MR) is 70.0 cm³/mol. The van der Waals surface area contributed by atoms with Crippen LogP contribution in [0.1, 0.15) is 43.0 Å². The van der Waals surface area contributed by atoms with E-state index >= 15 is 0 Å². The van der Waals surface area contributed by atoms with E-state index in [1.54, 1.807) is 0 Å². The summed E-state index contributed by atoms with van der Waals surface area (Å²) in [6.07, 6.45) is 4.96. The summed E-state index contributed by atoms with van der Waals surface area (Å²) in [5, 5.41) is 0. The van der Waals surface area contributed by atoms with E-state index in [1.165, 1.54) is 19.3 Å². The third kappa shape index (κ3) is 2.68. The Morgan fingerprint density at radius 3 is 2.47 bits per heavy atom. The zero-order valence-electron chi connectivity index (χ0n) is 10.7. The van der Waals surface area contributed by atoms with Crippen LogP contribution in [0.15, 0.2) is 30.3 Å². The molecule has 1 aromatic carbocycles. The van der Waals surface area contributed by atoms with Crippen LogP contribution >= 0.6 is 0 Å². The first-order valence-corrected chi connectivity index (χ1v) is 6.52. The van der Waals surface area contributed by atoms with Crippen molar-refractivity contribution in [1.29, 1.82) is 0 Å². The fourth-order valence-electron chi connectivity index (χ4n) is 2.81. The molecule has 0 bridgehead atoms. The van der Waals surface area contributed by atoms with Crippen LogP contribution in [-0.4, -0.2) is 23.9 Å². The van der Waals surface area contributed by atoms with Gasteiger partial charge in [-0.1, -0.05) is 38.0 Å². The van der Waals surface area contributed by atoms with Crippen LogP contribution in [-0.2, 0) is 0 Å². The Labute approximate surface area is 104 Å². The lowest BCUT2D eigenvalue weighted by atomic mass is 9.85. The lowest BCUT2D eigenvalue weighted by molar-refractivity contribution is 0.0629. The van der Waals surface area contributed by atoms with Gasteiger partial charge in [-0.25, -0.2) is 0 Å². The summed E-state index contributed by atoms with van der Waals surface area (Å²) in [7, 11) is 1.95. The SMILES string of the molecule is CC1CCCCC1N(C)C(=O)c1ccccc1. The van der Waals surface area contributed by atoms with E-state index in [0.717, 1.165) is 12.0 Å². The van der Waals surface area contributed by atoms with Crippen molar-refractivity contribution in [1.82, 2.24) is 4.90 Å². The van der Waals surface area contributed by atoms with Crippen molar-refractivity contribution in [3.63, 3.8) is 0 Å². The standard InChI is InChI=1S/C15H21NO/c1-12-8-6-7-11-14(12)16(2)15(17)13-9-4-3-5-10-13/h3-5,9-10,12,14H,6-8,11H2,1-2H3. The summed E-state index contributed by atoms with van der Waals surface area (Å²) in [6.45, 7) is 2.26. The number of amides is 1. The molecule has 2 unspecified atom stereocenters. The second-order valence-electron chi connectivity index (χ2n) is 5.11. The first-order chi connectivity index (χ1) is 8.20. The van der Waals surface area contributed by atoms with Gasteiger partial charge in [0.05, 0.1) is 0 Å². The lowest BCUT2D eigenvalue weighted by Gasteiger charge is -2.36. The van der Waals surface area contributed by atoms with E-state index in [1.807, 2.05) is 42.3 Å². The van der Waals surface area contributed by atoms with Crippen molar-refractivity contribution in [3.05, 3.63) is 35.9 Å². The molecule has 2 rings (SSSR count). The molecular weight excluding hydrogens is 210 g/mol. The van der Waals surface area contributed by atoms with E-state index in [9.17, 15) is 4.79 Å². The molecule has 0 spiro atoms. The minimum Gasteiger partial charge on any atom is -0.338 e. The molecule has 0 heterocycles. The smallest absolute Gasteiger partial charge is 0.253 e. The van der Waals surface area contributed by atoms with Gasteiger partial charge in [0.1, 0.15) is 0 Å². The van der Waals surface area contributed by atoms with Crippen LogP contribution in [0, 0.1) is 5.92 Å². The van der Waals surface area contributed by atoms with Gasteiger partial charge in [0.2, 0.25) is 0 Å². The van der Waals surface area contributed by atoms with Gasteiger partial charge in [0.25, 0.3) is 5.91 Å². The molecule has 17 heavy (non-hydrogen) atoms. The van der Waals surface area contributed by atoms with Gasteiger partial charge in [-0.2, -0.15) is 0 Å². The summed E-state index contributed by atoms with van der Waals surface area (Å²) in [4.78, 5) is 14.3. The molecule has 2 atom stereocenters. The number of rotatable bonds is 2. The molecule has 92 valence electrons. The average Bonchev–Trinajstić information content (AvgIpc) is 2.39. The topological polar surface area (TPSA) is 20.3 Å². The van der Waals surface area contributed by atoms with Crippen molar-refractivity contribution >= 4 is 5.91 Å². The number of carbonyl (C=O) groups excluding carboxylic acids is 1. The molecule has 1 saturated carbocycles. The van der Waals surface area contributed by atoms with Crippen LogP contribution in [0.2, 0.25) is 0 Å². The van der Waals surface area contributed by atoms with Gasteiger partial charge < -0.3 is 4.90 Å². The summed E-state index contributed by atoms with van der Waals surface area (Å²) in [5.41, 5.74) is 0.799. The normalized spacial score (nSPS) is 24.4. The lowest BCUT2D eigenvalue weighted by Crippen LogP contribution is -2.42. The highest BCUT2D eigenvalue weighted by Crippen LogP contribution is 2.28. The van der Waals surface area contributed by atoms with Gasteiger partial charge >= 0.3 is 0 Å². The molecule has 0 radical (unpaired) electrons. The van der Waals surface area contributed by atoms with Gasteiger partial charge in [-0.05, 0) is 30.9 Å². The highest BCUT2D eigenvalue weighted by molar-refractivity contribution is 5.94. The summed E-state index contributed by atoms with van der Waals surface area (Å²) >= 11 is 0. The number of hydrogen-bond acceptors (Lipinski definition) is 1. The fraction of sp³-hybridized carbons (Fsp3) is 0.533. The summed E-state index contributed by atoms with van der Waals surface area (Å²) < 4.78 is 0. The van der Waals surface area contributed by atoms with Crippen molar-refractivity contribution < 1.29 is 4.79 Å². The Morgan fingerprint density at radius 2 is 1.82 bits per heavy atom. The minimum atomic E-state index is 0.157. The van der Waals surface area contributed by atoms with Crippen molar-refractivity contribution in [2.45, 2.75) is 38.6 Å². The van der Waals surface area contributed by atoms with Gasteiger partial charge in [0.15, 0.2) is 0 Å². The summed E-state index contributed by atoms with van der Waals surface area (Å²) in [6, 6.07) is 9.99. The van der Waals surface area contributed by atoms with E-state index in [0.29, 0.717) is 12.0 Å². The molecule has 0 aliphatic heterocycles. The number of nitrogens with zero attached hydrogens (tertiary/aromatic N) is 1. The summed E-state index contributed by atoms with van der Waals surface area (Å²) in [5.74, 6) is 0.783. The molecule has 0 N–H and O–H groups in total. The first-order valence-electron chi connectivity index (χ1n) is 6.52. The quantitative estimate of drug-likeness (QED) is 0.764. The zero-order valence-corrected chi connectivity index (χ0v) is 10.7. The van der Waals surface area contributed by atoms with Crippen LogP contribution in [0.25, 0.3) is 0 Å². The molecule has 0 saturated heterocycles. The highest BCUT2D eigenvalue weighted by Gasteiger charge is 2.28. The Kier molecular flexibility index (Phi) is 3.82. The van der Waals surface area contributed by atoms with E-state index in [2.05, 4.69) is 6.92 Å². The monoisotopic (exact) mass is 231 g/mol. The molecule has 0 aromatic heterocycles. The third-order valence-corrected chi connectivity index (χ3v) is 3.90. The van der Waals surface area contributed by atoms with Gasteiger partial charge in [-0.3, -0.25) is 4.79 Å². The maximum atomic E-state index is 12.3. The molecule has 2 nitrogen and oxygen atoms in total. The van der Waals surface area contributed by atoms with Crippen LogP contribution in [0.3, 0.4) is 0 Å². The third-order valence-electron chi connectivity index (χ3n) is 3.90. The van der Waals surface area contributed by atoms with Gasteiger partial charge in [-0.15, -0.1) is 0 Å². The Morgan fingerprint density at radius 1 is 1.18 bits per heavy atom. The van der Waals surface area contributed by atoms with Crippen LogP contribution in [0.5, 0.6) is 0 Å². The maximum absolute atomic E-state index is 12.3. The minimum absolute atomic E-state index is 0.157. The van der Waals surface area contributed by atoms with E-state index in [-0.39, 0.29) is 5.91 Å². The molecule has 1 fully saturated rings. The number of hydrogen-bond donors (Lipinski definition) is 0. The second-order valence-corrected chi connectivity index (χ2v) is 5.11. The number of carbonyl (C=O) groups is 1. The van der Waals surface area contributed by atoms with Crippen LogP contribution in [0.4, 0.5) is 0 Å². The zero-order chi connectivity index (χ0) is 12.3. The molecule has 1 aliphatic rings. The Hall–Kier alpha value is -1.31. The molecule has 2 heteroatoms. The Balaban J connectivity index is 2.09. The maximum Gasteiger partial charge on any atom is 0.253 e. The van der Waals surface area contributed by atoms with Crippen molar-refractivity contribution in [2.75, 3.05) is 7.05 Å². The second kappa shape index (κ2) is 5.35. The molecular formula is C15H21NO.